The summed E-state index contributed by atoms with van der Waals surface area (Å²) in [5.74, 6) is -0.158. The van der Waals surface area contributed by atoms with Crippen LogP contribution < -0.4 is 5.32 Å². The van der Waals surface area contributed by atoms with Crippen molar-refractivity contribution < 1.29 is 13.2 Å². The van der Waals surface area contributed by atoms with E-state index in [0.29, 0.717) is 30.9 Å². The average molecular weight is 350 g/mol. The maximum absolute atomic E-state index is 12.6. The first-order valence-electron chi connectivity index (χ1n) is 7.51. The van der Waals surface area contributed by atoms with Crippen molar-refractivity contribution in [2.75, 3.05) is 24.7 Å². The van der Waals surface area contributed by atoms with Crippen molar-refractivity contribution in [3.05, 3.63) is 31.0 Å². The molecular weight excluding hydrogens is 332 g/mol. The summed E-state index contributed by atoms with van der Waals surface area (Å²) in [6.07, 6.45) is 6.94. The molecule has 3 heterocycles. The quantitative estimate of drug-likeness (QED) is 0.848. The van der Waals surface area contributed by atoms with Crippen LogP contribution in [0.3, 0.4) is 0 Å². The number of carbonyl (C=O) groups excluding carboxylic acids is 1. The number of sulfonamides is 1. The van der Waals surface area contributed by atoms with E-state index < -0.39 is 15.9 Å². The molecule has 0 aliphatic carbocycles. The van der Waals surface area contributed by atoms with Gasteiger partial charge in [0, 0.05) is 19.3 Å². The highest BCUT2D eigenvalue weighted by atomic mass is 32.2. The van der Waals surface area contributed by atoms with Gasteiger partial charge in [-0.3, -0.25) is 4.79 Å². The fraction of sp³-hybridized carbons (Fsp3) is 0.429. The molecule has 1 unspecified atom stereocenters. The van der Waals surface area contributed by atoms with Crippen LogP contribution in [0.25, 0.3) is 5.82 Å². The molecule has 1 N–H and O–H groups in total. The fourth-order valence-corrected chi connectivity index (χ4v) is 3.60. The maximum Gasteiger partial charge on any atom is 0.228 e. The summed E-state index contributed by atoms with van der Waals surface area (Å²) in [6.45, 7) is 0.656. The topological polar surface area (TPSA) is 110 Å². The molecule has 128 valence electrons. The van der Waals surface area contributed by atoms with Crippen LogP contribution >= 0.6 is 0 Å². The second kappa shape index (κ2) is 6.65. The minimum absolute atomic E-state index is 0.198. The summed E-state index contributed by atoms with van der Waals surface area (Å²) in [5, 5.41) is 6.84. The number of piperidine rings is 1. The Hall–Kier alpha value is -2.33. The Bertz CT molecular complexity index is 821. The van der Waals surface area contributed by atoms with Crippen molar-refractivity contribution in [2.24, 2.45) is 5.92 Å². The first-order chi connectivity index (χ1) is 11.4. The molecule has 3 rings (SSSR count). The average Bonchev–Trinajstić information content (AvgIpc) is 3.09. The normalized spacial score (nSPS) is 19.1. The molecule has 1 aliphatic heterocycles. The van der Waals surface area contributed by atoms with E-state index in [9.17, 15) is 13.2 Å². The van der Waals surface area contributed by atoms with Gasteiger partial charge in [0.25, 0.3) is 0 Å². The molecule has 0 spiro atoms. The molecule has 9 nitrogen and oxygen atoms in total. The molecule has 1 aliphatic rings. The van der Waals surface area contributed by atoms with Crippen molar-refractivity contribution in [1.82, 2.24) is 24.1 Å². The summed E-state index contributed by atoms with van der Waals surface area (Å²) >= 11 is 0. The summed E-state index contributed by atoms with van der Waals surface area (Å²) in [6, 6.07) is 3.43. The van der Waals surface area contributed by atoms with Gasteiger partial charge in [0.2, 0.25) is 15.9 Å². The number of anilines is 1. The number of amides is 1. The lowest BCUT2D eigenvalue weighted by Gasteiger charge is -2.30. The number of pyridine rings is 1. The number of rotatable bonds is 4. The van der Waals surface area contributed by atoms with E-state index in [0.717, 1.165) is 6.26 Å². The Labute approximate surface area is 139 Å². The number of hydrogen-bond donors (Lipinski definition) is 1. The van der Waals surface area contributed by atoms with E-state index in [2.05, 4.69) is 20.4 Å². The van der Waals surface area contributed by atoms with Gasteiger partial charge in [0.1, 0.15) is 12.7 Å². The molecule has 1 saturated heterocycles. The molecular formula is C14H18N6O3S. The van der Waals surface area contributed by atoms with Crippen molar-refractivity contribution in [1.29, 1.82) is 0 Å². The maximum atomic E-state index is 12.6. The standard InChI is InChI=1S/C14H18N6O3S/c1-24(22,23)19-7-3-4-11(8-19)14(21)18-12-5-2-6-16-13(12)20-10-15-9-17-20/h2,5-6,9-11H,3-4,7-8H2,1H3,(H,18,21). The summed E-state index contributed by atoms with van der Waals surface area (Å²) < 4.78 is 26.2. The summed E-state index contributed by atoms with van der Waals surface area (Å²) in [5.41, 5.74) is 0.504. The highest BCUT2D eigenvalue weighted by Gasteiger charge is 2.30. The Morgan fingerprint density at radius 1 is 1.42 bits per heavy atom. The number of hydrogen-bond acceptors (Lipinski definition) is 6. The predicted octanol–water partition coefficient (Wildman–Crippen LogP) is 0.272. The van der Waals surface area contributed by atoms with Gasteiger partial charge in [-0.1, -0.05) is 0 Å². The number of aromatic nitrogens is 4. The largest absolute Gasteiger partial charge is 0.323 e. The molecule has 0 saturated carbocycles. The molecule has 0 bridgehead atoms. The van der Waals surface area contributed by atoms with Crippen molar-refractivity contribution >= 4 is 21.6 Å². The minimum atomic E-state index is -3.29. The molecule has 1 amide bonds. The van der Waals surface area contributed by atoms with Crippen LogP contribution in [0, 0.1) is 5.92 Å². The van der Waals surface area contributed by atoms with Crippen LogP contribution in [-0.4, -0.2) is 57.7 Å². The molecule has 1 atom stereocenters. The van der Waals surface area contributed by atoms with Crippen LogP contribution in [0.4, 0.5) is 5.69 Å². The van der Waals surface area contributed by atoms with E-state index in [1.54, 1.807) is 18.3 Å². The zero-order valence-electron chi connectivity index (χ0n) is 13.2. The number of nitrogens with one attached hydrogen (secondary N) is 1. The van der Waals surface area contributed by atoms with Crippen LogP contribution in [0.2, 0.25) is 0 Å². The molecule has 2 aromatic heterocycles. The minimum Gasteiger partial charge on any atom is -0.323 e. The Kier molecular flexibility index (Phi) is 4.58. The third kappa shape index (κ3) is 3.60. The zero-order valence-corrected chi connectivity index (χ0v) is 14.0. The van der Waals surface area contributed by atoms with Gasteiger partial charge in [-0.05, 0) is 25.0 Å². The van der Waals surface area contributed by atoms with Gasteiger partial charge in [-0.2, -0.15) is 5.10 Å². The van der Waals surface area contributed by atoms with Crippen LogP contribution in [0.1, 0.15) is 12.8 Å². The van der Waals surface area contributed by atoms with Gasteiger partial charge in [0.05, 0.1) is 17.9 Å². The van der Waals surface area contributed by atoms with E-state index in [1.165, 1.54) is 21.6 Å². The first-order valence-corrected chi connectivity index (χ1v) is 9.36. The highest BCUT2D eigenvalue weighted by molar-refractivity contribution is 7.88. The van der Waals surface area contributed by atoms with Crippen LogP contribution in [0.15, 0.2) is 31.0 Å². The van der Waals surface area contributed by atoms with Gasteiger partial charge >= 0.3 is 0 Å². The third-order valence-electron chi connectivity index (χ3n) is 3.90. The van der Waals surface area contributed by atoms with Crippen LogP contribution in [-0.2, 0) is 14.8 Å². The molecule has 0 radical (unpaired) electrons. The second-order valence-corrected chi connectivity index (χ2v) is 7.65. The van der Waals surface area contributed by atoms with Crippen LogP contribution in [0.5, 0.6) is 0 Å². The first kappa shape index (κ1) is 16.5. The Morgan fingerprint density at radius 2 is 2.25 bits per heavy atom. The molecule has 10 heteroatoms. The summed E-state index contributed by atoms with van der Waals surface area (Å²) in [4.78, 5) is 20.6. The van der Waals surface area contributed by atoms with Crippen molar-refractivity contribution in [3.8, 4) is 5.82 Å². The lowest BCUT2D eigenvalue weighted by atomic mass is 9.99. The third-order valence-corrected chi connectivity index (χ3v) is 5.17. The SMILES string of the molecule is CS(=O)(=O)N1CCCC(C(=O)Nc2cccnc2-n2cncn2)C1. The predicted molar refractivity (Wildman–Crippen MR) is 86.9 cm³/mol. The van der Waals surface area contributed by atoms with E-state index in [4.69, 9.17) is 0 Å². The summed E-state index contributed by atoms with van der Waals surface area (Å²) in [7, 11) is -3.29. The van der Waals surface area contributed by atoms with Crippen molar-refractivity contribution in [2.45, 2.75) is 12.8 Å². The molecule has 1 fully saturated rings. The zero-order chi connectivity index (χ0) is 17.2. The molecule has 0 aromatic carbocycles. The monoisotopic (exact) mass is 350 g/mol. The lowest BCUT2D eigenvalue weighted by molar-refractivity contribution is -0.120. The van der Waals surface area contributed by atoms with E-state index >= 15 is 0 Å². The van der Waals surface area contributed by atoms with E-state index in [1.807, 2.05) is 0 Å². The van der Waals surface area contributed by atoms with E-state index in [-0.39, 0.29) is 12.5 Å². The number of nitrogens with zero attached hydrogens (tertiary/aromatic N) is 5. The molecule has 2 aromatic rings. The van der Waals surface area contributed by atoms with Gasteiger partial charge in [-0.15, -0.1) is 0 Å². The van der Waals surface area contributed by atoms with Crippen molar-refractivity contribution in [3.63, 3.8) is 0 Å². The highest BCUT2D eigenvalue weighted by Crippen LogP contribution is 2.22. The number of carbonyl (C=O) groups is 1. The second-order valence-electron chi connectivity index (χ2n) is 5.66. The Balaban J connectivity index is 1.76. The fourth-order valence-electron chi connectivity index (χ4n) is 2.69. The Morgan fingerprint density at radius 3 is 2.96 bits per heavy atom. The lowest BCUT2D eigenvalue weighted by Crippen LogP contribution is -2.43. The molecule has 24 heavy (non-hydrogen) atoms. The van der Waals surface area contributed by atoms with Gasteiger partial charge < -0.3 is 5.32 Å². The smallest absolute Gasteiger partial charge is 0.228 e. The van der Waals surface area contributed by atoms with Gasteiger partial charge in [0.15, 0.2) is 5.82 Å². The van der Waals surface area contributed by atoms with Gasteiger partial charge in [-0.25, -0.2) is 27.4 Å².